The van der Waals surface area contributed by atoms with Gasteiger partial charge in [-0.05, 0) is 17.7 Å². The van der Waals surface area contributed by atoms with Crippen LogP contribution in [0, 0.1) is 17.1 Å². The minimum atomic E-state index is -0.626. The van der Waals surface area contributed by atoms with Crippen molar-refractivity contribution < 1.29 is 13.9 Å². The van der Waals surface area contributed by atoms with Crippen LogP contribution in [-0.2, 0) is 10.5 Å². The second kappa shape index (κ2) is 6.74. The number of fused-ring (bicyclic) bond motifs is 1. The van der Waals surface area contributed by atoms with Crippen LogP contribution in [0.25, 0.3) is 5.65 Å². The lowest BCUT2D eigenvalue weighted by Gasteiger charge is -2.05. The number of carbonyl (C=O) groups excluding carboxylic acids is 1. The summed E-state index contributed by atoms with van der Waals surface area (Å²) in [6.45, 7) is 0. The van der Waals surface area contributed by atoms with Crippen molar-refractivity contribution in [2.24, 2.45) is 0 Å². The number of aromatic amines is 1. The van der Waals surface area contributed by atoms with Gasteiger partial charge in [0.2, 0.25) is 0 Å². The fraction of sp³-hybridized carbons (Fsp3) is 0.133. The monoisotopic (exact) mass is 359 g/mol. The topological polar surface area (TPSA) is 113 Å². The van der Waals surface area contributed by atoms with E-state index in [1.54, 1.807) is 0 Å². The van der Waals surface area contributed by atoms with Gasteiger partial charge >= 0.3 is 11.7 Å². The first kappa shape index (κ1) is 16.7. The number of nitrogens with zero attached hydrogens (tertiary/aromatic N) is 4. The Morgan fingerprint density at radius 1 is 1.52 bits per heavy atom. The third kappa shape index (κ3) is 3.22. The van der Waals surface area contributed by atoms with Crippen LogP contribution in [0.2, 0.25) is 0 Å². The van der Waals surface area contributed by atoms with E-state index in [0.717, 1.165) is 22.3 Å². The van der Waals surface area contributed by atoms with E-state index in [4.69, 9.17) is 5.26 Å². The molecule has 2 aromatic heterocycles. The lowest BCUT2D eigenvalue weighted by molar-refractivity contribution is 0.0600. The Bertz CT molecular complexity index is 1070. The van der Waals surface area contributed by atoms with Crippen LogP contribution in [0.5, 0.6) is 0 Å². The molecule has 10 heteroatoms. The molecule has 0 saturated carbocycles. The summed E-state index contributed by atoms with van der Waals surface area (Å²) < 4.78 is 19.6. The third-order valence-electron chi connectivity index (χ3n) is 3.32. The van der Waals surface area contributed by atoms with Crippen molar-refractivity contribution >= 4 is 23.4 Å². The summed E-state index contributed by atoms with van der Waals surface area (Å²) in [5.41, 5.74) is 0.196. The average molecular weight is 359 g/mol. The van der Waals surface area contributed by atoms with E-state index in [1.807, 2.05) is 6.07 Å². The minimum Gasteiger partial charge on any atom is -0.465 e. The van der Waals surface area contributed by atoms with Crippen LogP contribution in [0.1, 0.15) is 21.5 Å². The highest BCUT2D eigenvalue weighted by molar-refractivity contribution is 7.98. The molecule has 0 aliphatic carbocycles. The number of methoxy groups -OCH3 is 1. The standard InChI is InChI=1S/C15H10FN5O3S/c1-24-13(22)8-2-3-9(11(16)4-8)7-25-14-19-12-10(5-17)6-18-21(12)15(23)20-14/h2-4,6H,7H2,1H3,(H,19,20,23). The molecule has 0 spiro atoms. The second-order valence-electron chi connectivity index (χ2n) is 4.84. The predicted molar refractivity (Wildman–Crippen MR) is 85.6 cm³/mol. The summed E-state index contributed by atoms with van der Waals surface area (Å²) >= 11 is 1.09. The molecule has 0 atom stereocenters. The van der Waals surface area contributed by atoms with Crippen LogP contribution in [0.4, 0.5) is 4.39 Å². The highest BCUT2D eigenvalue weighted by atomic mass is 32.2. The van der Waals surface area contributed by atoms with Crippen molar-refractivity contribution in [2.45, 2.75) is 10.9 Å². The number of halogens is 1. The van der Waals surface area contributed by atoms with Crippen LogP contribution in [0.3, 0.4) is 0 Å². The van der Waals surface area contributed by atoms with Gasteiger partial charge in [-0.1, -0.05) is 17.8 Å². The molecule has 25 heavy (non-hydrogen) atoms. The summed E-state index contributed by atoms with van der Waals surface area (Å²) in [7, 11) is 1.22. The third-order valence-corrected chi connectivity index (χ3v) is 4.24. The summed E-state index contributed by atoms with van der Waals surface area (Å²) in [4.78, 5) is 30.0. The smallest absolute Gasteiger partial charge is 0.350 e. The summed E-state index contributed by atoms with van der Waals surface area (Å²) in [6.07, 6.45) is 1.25. The lowest BCUT2D eigenvalue weighted by Crippen LogP contribution is -2.19. The fourth-order valence-corrected chi connectivity index (χ4v) is 2.91. The van der Waals surface area contributed by atoms with Gasteiger partial charge in [-0.25, -0.2) is 19.0 Å². The Hall–Kier alpha value is -3.19. The molecule has 1 N–H and O–H groups in total. The molecule has 126 valence electrons. The quantitative estimate of drug-likeness (QED) is 0.555. The number of rotatable bonds is 4. The van der Waals surface area contributed by atoms with Crippen molar-refractivity contribution in [2.75, 3.05) is 7.11 Å². The van der Waals surface area contributed by atoms with Crippen molar-refractivity contribution in [3.63, 3.8) is 0 Å². The number of carbonyl (C=O) groups is 1. The van der Waals surface area contributed by atoms with E-state index in [0.29, 0.717) is 5.56 Å². The Morgan fingerprint density at radius 2 is 2.32 bits per heavy atom. The molecule has 1 aromatic carbocycles. The van der Waals surface area contributed by atoms with Crippen LogP contribution >= 0.6 is 11.8 Å². The van der Waals surface area contributed by atoms with Crippen LogP contribution in [0.15, 0.2) is 34.3 Å². The molecule has 8 nitrogen and oxygen atoms in total. The van der Waals surface area contributed by atoms with Gasteiger partial charge in [-0.15, -0.1) is 0 Å². The zero-order chi connectivity index (χ0) is 18.0. The van der Waals surface area contributed by atoms with Gasteiger partial charge in [0.25, 0.3) is 0 Å². The van der Waals surface area contributed by atoms with Gasteiger partial charge in [0, 0.05) is 5.75 Å². The van der Waals surface area contributed by atoms with Gasteiger partial charge in [-0.2, -0.15) is 14.9 Å². The first-order chi connectivity index (χ1) is 12.0. The molecule has 0 saturated heterocycles. The number of esters is 1. The Kier molecular flexibility index (Phi) is 4.49. The molecular formula is C15H10FN5O3S. The number of benzene rings is 1. The highest BCUT2D eigenvalue weighted by Crippen LogP contribution is 2.22. The number of nitriles is 1. The number of aromatic nitrogens is 4. The van der Waals surface area contributed by atoms with E-state index < -0.39 is 17.5 Å². The lowest BCUT2D eigenvalue weighted by atomic mass is 10.1. The maximum Gasteiger partial charge on any atom is 0.350 e. The first-order valence-electron chi connectivity index (χ1n) is 6.91. The van der Waals surface area contributed by atoms with Gasteiger partial charge in [0.15, 0.2) is 10.8 Å². The summed E-state index contributed by atoms with van der Waals surface area (Å²) in [6, 6.07) is 5.90. The molecular weight excluding hydrogens is 349 g/mol. The minimum absolute atomic E-state index is 0.111. The van der Waals surface area contributed by atoms with Gasteiger partial charge in [-0.3, -0.25) is 4.98 Å². The summed E-state index contributed by atoms with van der Waals surface area (Å²) in [5, 5.41) is 13.0. The number of hydrogen-bond acceptors (Lipinski definition) is 7. The zero-order valence-corrected chi connectivity index (χ0v) is 13.6. The molecule has 0 radical (unpaired) electrons. The fourth-order valence-electron chi connectivity index (χ4n) is 2.07. The number of thioether (sulfide) groups is 1. The zero-order valence-electron chi connectivity index (χ0n) is 12.8. The number of ether oxygens (including phenoxy) is 1. The largest absolute Gasteiger partial charge is 0.465 e. The van der Waals surface area contributed by atoms with Crippen molar-refractivity contribution in [3.05, 3.63) is 57.4 Å². The van der Waals surface area contributed by atoms with E-state index in [1.165, 1.54) is 25.4 Å². The molecule has 0 amide bonds. The average Bonchev–Trinajstić information content (AvgIpc) is 3.03. The van der Waals surface area contributed by atoms with Crippen LogP contribution < -0.4 is 5.69 Å². The van der Waals surface area contributed by atoms with E-state index >= 15 is 0 Å². The van der Waals surface area contributed by atoms with E-state index in [9.17, 15) is 14.0 Å². The molecule has 0 bridgehead atoms. The van der Waals surface area contributed by atoms with E-state index in [-0.39, 0.29) is 27.7 Å². The second-order valence-corrected chi connectivity index (χ2v) is 5.80. The normalized spacial score (nSPS) is 10.6. The van der Waals surface area contributed by atoms with Crippen molar-refractivity contribution in [3.8, 4) is 6.07 Å². The molecule has 0 aliphatic rings. The van der Waals surface area contributed by atoms with Crippen LogP contribution in [-0.4, -0.2) is 32.7 Å². The maximum atomic E-state index is 14.1. The molecule has 3 aromatic rings. The Labute approximate surface area is 144 Å². The first-order valence-corrected chi connectivity index (χ1v) is 7.89. The highest BCUT2D eigenvalue weighted by Gasteiger charge is 2.13. The molecule has 0 unspecified atom stereocenters. The number of nitrogens with one attached hydrogen (secondary N) is 1. The van der Waals surface area contributed by atoms with Crippen molar-refractivity contribution in [1.29, 1.82) is 5.26 Å². The molecule has 0 fully saturated rings. The molecule has 3 rings (SSSR count). The van der Waals surface area contributed by atoms with Crippen molar-refractivity contribution in [1.82, 2.24) is 19.6 Å². The maximum absolute atomic E-state index is 14.1. The van der Waals surface area contributed by atoms with Gasteiger partial charge in [0.1, 0.15) is 17.4 Å². The SMILES string of the molecule is COC(=O)c1ccc(CSc2nc3c(C#N)cnn3c(=O)[nH]2)c(F)c1. The van der Waals surface area contributed by atoms with Gasteiger partial charge < -0.3 is 4.74 Å². The molecule has 2 heterocycles. The summed E-state index contributed by atoms with van der Waals surface area (Å²) in [5.74, 6) is -1.03. The molecule has 0 aliphatic heterocycles. The Balaban J connectivity index is 1.84. The van der Waals surface area contributed by atoms with E-state index in [2.05, 4.69) is 19.8 Å². The predicted octanol–water partition coefficient (Wildman–Crippen LogP) is 1.51. The number of hydrogen-bond donors (Lipinski definition) is 1. The number of H-pyrrole nitrogens is 1. The Morgan fingerprint density at radius 3 is 3.00 bits per heavy atom. The van der Waals surface area contributed by atoms with Gasteiger partial charge in [0.05, 0.1) is 18.9 Å².